The minimum absolute atomic E-state index is 0. The molecule has 1 aliphatic rings. The van der Waals surface area contributed by atoms with Gasteiger partial charge in [-0.05, 0) is 6.07 Å². The number of hydrogen-bond acceptors (Lipinski definition) is 1. The van der Waals surface area contributed by atoms with Gasteiger partial charge in [0.1, 0.15) is 11.4 Å². The summed E-state index contributed by atoms with van der Waals surface area (Å²) in [6, 6.07) is 6.85. The number of hydrogen-bond donors (Lipinski definition) is 2. The predicted octanol–water partition coefficient (Wildman–Crippen LogP) is -0.238. The van der Waals surface area contributed by atoms with E-state index in [2.05, 4.69) is 10.3 Å². The minimum atomic E-state index is -4.41. The molecule has 1 aliphatic heterocycles. The highest BCUT2D eigenvalue weighted by Gasteiger charge is 2.38. The van der Waals surface area contributed by atoms with Crippen LogP contribution in [0.5, 0.6) is 0 Å². The van der Waals surface area contributed by atoms with E-state index in [1.54, 1.807) is 24.3 Å². The Bertz CT molecular complexity index is 554. The molecule has 2 nitrogen and oxygen atoms in total. The van der Waals surface area contributed by atoms with Crippen LogP contribution in [0.3, 0.4) is 0 Å². The molecule has 0 aliphatic carbocycles. The summed E-state index contributed by atoms with van der Waals surface area (Å²) in [5.74, 6) is 0. The first-order chi connectivity index (χ1) is 8.68. The van der Waals surface area contributed by atoms with Crippen molar-refractivity contribution in [3.05, 3.63) is 36.0 Å². The third-order valence-corrected chi connectivity index (χ3v) is 2.87. The summed E-state index contributed by atoms with van der Waals surface area (Å²) < 4.78 is 39.0. The summed E-state index contributed by atoms with van der Waals surface area (Å²) in [7, 11) is 0. The van der Waals surface area contributed by atoms with E-state index in [9.17, 15) is 13.2 Å². The van der Waals surface area contributed by atoms with Gasteiger partial charge >= 0.3 is 6.18 Å². The molecule has 0 atom stereocenters. The van der Waals surface area contributed by atoms with Crippen LogP contribution in [0.25, 0.3) is 0 Å². The monoisotopic (exact) mass is 304 g/mol. The molecule has 0 saturated carbocycles. The number of benzene rings is 1. The maximum absolute atomic E-state index is 13.0. The van der Waals surface area contributed by atoms with Gasteiger partial charge < -0.3 is 17.7 Å². The molecule has 2 rings (SSSR count). The van der Waals surface area contributed by atoms with Gasteiger partial charge in [0.05, 0.1) is 0 Å². The van der Waals surface area contributed by atoms with E-state index in [1.165, 1.54) is 0 Å². The van der Waals surface area contributed by atoms with E-state index in [1.807, 2.05) is 20.8 Å². The normalized spacial score (nSPS) is 15.1. The number of alkyl halides is 3. The van der Waals surface area contributed by atoms with Gasteiger partial charge in [-0.3, -0.25) is 0 Å². The number of fused-ring (bicyclic) bond motifs is 1. The van der Waals surface area contributed by atoms with Gasteiger partial charge in [-0.25, -0.2) is 4.99 Å². The fraction of sp³-hybridized carbons (Fsp3) is 0.357. The quantitative estimate of drug-likeness (QED) is 0.680. The Morgan fingerprint density at radius 1 is 1.05 bits per heavy atom. The van der Waals surface area contributed by atoms with Crippen LogP contribution in [-0.4, -0.2) is 11.9 Å². The van der Waals surface area contributed by atoms with Crippen molar-refractivity contribution in [2.75, 3.05) is 5.32 Å². The van der Waals surface area contributed by atoms with E-state index in [0.717, 1.165) is 6.08 Å². The second-order valence-corrected chi connectivity index (χ2v) is 5.52. The summed E-state index contributed by atoms with van der Waals surface area (Å²) in [5, 5.41) is 2.45. The van der Waals surface area contributed by atoms with Crippen molar-refractivity contribution < 1.29 is 30.6 Å². The number of allylic oxidation sites excluding steroid dienone is 2. The Kier molecular flexibility index (Phi) is 4.54. The number of anilines is 1. The third kappa shape index (κ3) is 3.54. The molecule has 110 valence electrons. The van der Waals surface area contributed by atoms with Crippen molar-refractivity contribution in [3.63, 3.8) is 0 Å². The highest BCUT2D eigenvalue weighted by atomic mass is 35.5. The lowest BCUT2D eigenvalue weighted by Crippen LogP contribution is -3.00. The summed E-state index contributed by atoms with van der Waals surface area (Å²) in [6.07, 6.45) is -3.27. The van der Waals surface area contributed by atoms with E-state index < -0.39 is 17.3 Å². The zero-order valence-corrected chi connectivity index (χ0v) is 12.2. The molecule has 1 aromatic rings. The molecule has 0 aromatic heterocycles. The molecular formula is C14H16ClF3N2. The van der Waals surface area contributed by atoms with E-state index in [-0.39, 0.29) is 12.4 Å². The van der Waals surface area contributed by atoms with E-state index in [4.69, 9.17) is 0 Å². The van der Waals surface area contributed by atoms with Crippen molar-refractivity contribution in [3.8, 4) is 0 Å². The number of nitrogens with one attached hydrogen (secondary N) is 2. The van der Waals surface area contributed by atoms with Crippen LogP contribution in [0.1, 0.15) is 20.8 Å². The Morgan fingerprint density at radius 2 is 1.65 bits per heavy atom. The SMILES string of the molecule is CC(C)(C)C1=[NH+]c2ccccc2NC(C(F)(F)F)=C1.[Cl-]. The molecule has 0 saturated heterocycles. The standard InChI is InChI=1S/C14H15F3N2.ClH/c1-13(2,3)11-8-12(14(15,16)17)19-10-7-5-4-6-9(10)18-11;/h4-8,19H,1-3H3;1H. The average molecular weight is 305 g/mol. The average Bonchev–Trinajstić information content (AvgIpc) is 2.46. The number of para-hydroxylation sites is 2. The lowest BCUT2D eigenvalue weighted by atomic mass is 9.89. The Labute approximate surface area is 122 Å². The number of halogens is 4. The lowest BCUT2D eigenvalue weighted by molar-refractivity contribution is -0.356. The molecule has 2 N–H and O–H groups in total. The first kappa shape index (κ1) is 16.6. The molecule has 0 radical (unpaired) electrons. The maximum Gasteiger partial charge on any atom is 0.431 e. The Hall–Kier alpha value is -1.49. The first-order valence-electron chi connectivity index (χ1n) is 5.97. The highest BCUT2D eigenvalue weighted by Crippen LogP contribution is 2.31. The molecule has 0 unspecified atom stereocenters. The topological polar surface area (TPSA) is 26.0 Å². The molecule has 0 bridgehead atoms. The van der Waals surface area contributed by atoms with Crippen molar-refractivity contribution in [2.45, 2.75) is 26.9 Å². The van der Waals surface area contributed by atoms with Gasteiger partial charge in [0.15, 0.2) is 5.71 Å². The smallest absolute Gasteiger partial charge is 0.431 e. The van der Waals surface area contributed by atoms with Gasteiger partial charge in [0, 0.05) is 17.6 Å². The second kappa shape index (κ2) is 5.48. The van der Waals surface area contributed by atoms with Gasteiger partial charge in [-0.15, -0.1) is 0 Å². The molecule has 1 aromatic carbocycles. The molecule has 0 fully saturated rings. The van der Waals surface area contributed by atoms with Gasteiger partial charge in [-0.2, -0.15) is 13.2 Å². The van der Waals surface area contributed by atoms with E-state index >= 15 is 0 Å². The van der Waals surface area contributed by atoms with Gasteiger partial charge in [0.2, 0.25) is 5.69 Å². The van der Waals surface area contributed by atoms with Crippen molar-refractivity contribution in [2.24, 2.45) is 5.41 Å². The molecule has 0 amide bonds. The summed E-state index contributed by atoms with van der Waals surface area (Å²) in [6.45, 7) is 5.61. The van der Waals surface area contributed by atoms with Crippen LogP contribution in [0.4, 0.5) is 24.5 Å². The first-order valence-corrected chi connectivity index (χ1v) is 5.97. The van der Waals surface area contributed by atoms with Crippen LogP contribution < -0.4 is 22.7 Å². The maximum atomic E-state index is 13.0. The van der Waals surface area contributed by atoms with Crippen LogP contribution in [0.2, 0.25) is 0 Å². The Morgan fingerprint density at radius 3 is 2.20 bits per heavy atom. The van der Waals surface area contributed by atoms with Gasteiger partial charge in [0.25, 0.3) is 0 Å². The van der Waals surface area contributed by atoms with Gasteiger partial charge in [-0.1, -0.05) is 32.9 Å². The summed E-state index contributed by atoms with van der Waals surface area (Å²) >= 11 is 0. The minimum Gasteiger partial charge on any atom is -1.00 e. The zero-order valence-electron chi connectivity index (χ0n) is 11.4. The van der Waals surface area contributed by atoms with Crippen LogP contribution >= 0.6 is 0 Å². The van der Waals surface area contributed by atoms with Crippen LogP contribution in [0, 0.1) is 5.41 Å². The Balaban J connectivity index is 0.00000200. The van der Waals surface area contributed by atoms with Crippen molar-refractivity contribution >= 4 is 17.1 Å². The van der Waals surface area contributed by atoms with Crippen LogP contribution in [0.15, 0.2) is 36.0 Å². The highest BCUT2D eigenvalue weighted by molar-refractivity contribution is 5.97. The molecule has 0 spiro atoms. The van der Waals surface area contributed by atoms with Crippen LogP contribution in [-0.2, 0) is 0 Å². The van der Waals surface area contributed by atoms with Crippen molar-refractivity contribution in [1.82, 2.24) is 0 Å². The molecule has 1 heterocycles. The zero-order chi connectivity index (χ0) is 14.3. The van der Waals surface area contributed by atoms with E-state index in [0.29, 0.717) is 17.1 Å². The van der Waals surface area contributed by atoms with Crippen molar-refractivity contribution in [1.29, 1.82) is 0 Å². The lowest BCUT2D eigenvalue weighted by Gasteiger charge is -2.15. The summed E-state index contributed by atoms with van der Waals surface area (Å²) in [4.78, 5) is 3.08. The number of rotatable bonds is 0. The fourth-order valence-electron chi connectivity index (χ4n) is 1.76. The molecule has 6 heteroatoms. The third-order valence-electron chi connectivity index (χ3n) is 2.87. The fourth-order valence-corrected chi connectivity index (χ4v) is 1.76. The largest absolute Gasteiger partial charge is 1.00 e. The predicted molar refractivity (Wildman–Crippen MR) is 69.3 cm³/mol. The second-order valence-electron chi connectivity index (χ2n) is 5.52. The molecular weight excluding hydrogens is 289 g/mol. The molecule has 20 heavy (non-hydrogen) atoms. The summed E-state index contributed by atoms with van der Waals surface area (Å²) in [5.41, 5.74) is 0.427.